The van der Waals surface area contributed by atoms with Crippen molar-refractivity contribution in [3.05, 3.63) is 0 Å². The molecule has 0 amide bonds. The minimum absolute atomic E-state index is 0.0937. The molecule has 0 fully saturated rings. The first-order chi connectivity index (χ1) is 26.6. The summed E-state index contributed by atoms with van der Waals surface area (Å²) in [6.07, 6.45) is 43.0. The van der Waals surface area contributed by atoms with Crippen molar-refractivity contribution in [1.82, 2.24) is 0 Å². The number of esters is 1. The molecule has 0 aromatic carbocycles. The summed E-state index contributed by atoms with van der Waals surface area (Å²) in [5, 5.41) is 0. The third-order valence-electron chi connectivity index (χ3n) is 10.7. The number of carbonyl (C=O) groups is 1. The van der Waals surface area contributed by atoms with Crippen molar-refractivity contribution in [2.24, 2.45) is 0 Å². The van der Waals surface area contributed by atoms with E-state index in [4.69, 9.17) is 18.5 Å². The predicted octanol–water partition coefficient (Wildman–Crippen LogP) is 14.1. The highest BCUT2D eigenvalue weighted by Crippen LogP contribution is 2.43. The van der Waals surface area contributed by atoms with Gasteiger partial charge in [-0.2, -0.15) is 0 Å². The van der Waals surface area contributed by atoms with Crippen molar-refractivity contribution in [2.75, 3.05) is 54.1 Å². The molecule has 55 heavy (non-hydrogen) atoms. The van der Waals surface area contributed by atoms with E-state index < -0.39 is 13.9 Å². The van der Waals surface area contributed by atoms with Gasteiger partial charge in [-0.1, -0.05) is 213 Å². The zero-order chi connectivity index (χ0) is 40.6. The van der Waals surface area contributed by atoms with Crippen molar-refractivity contribution >= 4 is 13.8 Å². The number of phosphoric ester groups is 1. The molecule has 0 saturated heterocycles. The molecule has 0 heterocycles. The minimum Gasteiger partial charge on any atom is -0.457 e. The van der Waals surface area contributed by atoms with E-state index in [0.29, 0.717) is 24.1 Å². The largest absolute Gasteiger partial charge is 0.472 e. The first-order valence-corrected chi connectivity index (χ1v) is 25.3. The molecule has 0 aliphatic carbocycles. The van der Waals surface area contributed by atoms with Gasteiger partial charge in [-0.25, -0.2) is 4.57 Å². The minimum atomic E-state index is -4.26. The van der Waals surface area contributed by atoms with Crippen LogP contribution in [0.1, 0.15) is 232 Å². The normalized spacial score (nSPS) is 13.6. The van der Waals surface area contributed by atoms with Gasteiger partial charge < -0.3 is 18.9 Å². The number of nitrogens with zero attached hydrogens (tertiary/aromatic N) is 1. The standard InChI is InChI=1S/C46H94NO7P/c1-6-8-10-12-14-16-17-18-19-20-21-22-23-24-25-26-27-28-29-30-32-34-36-38-41-51-43-45(44-53-55(49,50)52-42-40-47(3,4)5)54-46(48)39-37-35-33-31-15-13-11-9-7-2/h45H,6-44H2,1-5H3/p+1. The van der Waals surface area contributed by atoms with Crippen LogP contribution < -0.4 is 0 Å². The van der Waals surface area contributed by atoms with E-state index in [0.717, 1.165) is 32.1 Å². The van der Waals surface area contributed by atoms with E-state index >= 15 is 0 Å². The number of ether oxygens (including phenoxy) is 2. The second-order valence-corrected chi connectivity index (χ2v) is 19.0. The number of likely N-dealkylation sites (N-methyl/N-ethyl adjacent to an activating group) is 1. The van der Waals surface area contributed by atoms with Crippen molar-refractivity contribution in [3.8, 4) is 0 Å². The topological polar surface area (TPSA) is 91.3 Å². The first-order valence-electron chi connectivity index (χ1n) is 23.8. The number of hydrogen-bond donors (Lipinski definition) is 1. The predicted molar refractivity (Wildman–Crippen MR) is 234 cm³/mol. The number of unbranched alkanes of at least 4 members (excludes halogenated alkanes) is 31. The van der Waals surface area contributed by atoms with Crippen LogP contribution in [-0.2, 0) is 27.9 Å². The van der Waals surface area contributed by atoms with E-state index in [1.165, 1.54) is 180 Å². The highest BCUT2D eigenvalue weighted by molar-refractivity contribution is 7.47. The lowest BCUT2D eigenvalue weighted by Crippen LogP contribution is -2.37. The van der Waals surface area contributed by atoms with Crippen LogP contribution in [0.25, 0.3) is 0 Å². The van der Waals surface area contributed by atoms with Crippen LogP contribution in [0.4, 0.5) is 0 Å². The van der Waals surface area contributed by atoms with Crippen molar-refractivity contribution in [2.45, 2.75) is 238 Å². The van der Waals surface area contributed by atoms with E-state index in [-0.39, 0.29) is 25.8 Å². The lowest BCUT2D eigenvalue weighted by atomic mass is 10.0. The van der Waals surface area contributed by atoms with Gasteiger partial charge in [-0.15, -0.1) is 0 Å². The molecule has 2 unspecified atom stereocenters. The summed E-state index contributed by atoms with van der Waals surface area (Å²) < 4.78 is 35.0. The number of hydrogen-bond acceptors (Lipinski definition) is 6. The quantitative estimate of drug-likeness (QED) is 0.0284. The van der Waals surface area contributed by atoms with Gasteiger partial charge in [0.05, 0.1) is 34.4 Å². The van der Waals surface area contributed by atoms with Gasteiger partial charge in [0.15, 0.2) is 0 Å². The maximum Gasteiger partial charge on any atom is 0.472 e. The molecule has 9 heteroatoms. The molecule has 2 atom stereocenters. The van der Waals surface area contributed by atoms with Crippen LogP contribution in [0.15, 0.2) is 0 Å². The molecule has 0 rings (SSSR count). The lowest BCUT2D eigenvalue weighted by Gasteiger charge is -2.24. The summed E-state index contributed by atoms with van der Waals surface area (Å²) in [5.74, 6) is -0.311. The Morgan fingerprint density at radius 1 is 0.491 bits per heavy atom. The Kier molecular flexibility index (Phi) is 39.9. The second kappa shape index (κ2) is 40.3. The molecule has 0 aliphatic heterocycles. The van der Waals surface area contributed by atoms with E-state index in [1.54, 1.807) is 0 Å². The molecule has 8 nitrogen and oxygen atoms in total. The zero-order valence-electron chi connectivity index (χ0n) is 37.4. The Hall–Kier alpha value is -0.500. The van der Waals surface area contributed by atoms with Crippen molar-refractivity contribution < 1.29 is 37.3 Å². The van der Waals surface area contributed by atoms with Gasteiger partial charge in [0.2, 0.25) is 0 Å². The molecule has 0 aromatic rings. The Morgan fingerprint density at radius 3 is 1.20 bits per heavy atom. The van der Waals surface area contributed by atoms with E-state index in [1.807, 2.05) is 21.1 Å². The summed E-state index contributed by atoms with van der Waals surface area (Å²) in [7, 11) is 1.68. The zero-order valence-corrected chi connectivity index (χ0v) is 38.3. The Morgan fingerprint density at radius 2 is 0.836 bits per heavy atom. The summed E-state index contributed by atoms with van der Waals surface area (Å²) in [5.41, 5.74) is 0. The highest BCUT2D eigenvalue weighted by Gasteiger charge is 2.26. The molecule has 0 bridgehead atoms. The molecule has 0 saturated carbocycles. The van der Waals surface area contributed by atoms with Crippen LogP contribution in [0, 0.1) is 0 Å². The lowest BCUT2D eigenvalue weighted by molar-refractivity contribution is -0.870. The first kappa shape index (κ1) is 54.5. The summed E-state index contributed by atoms with van der Waals surface area (Å²) >= 11 is 0. The maximum atomic E-state index is 12.6. The number of carbonyl (C=O) groups excluding carboxylic acids is 1. The molecular formula is C46H95NO7P+. The van der Waals surface area contributed by atoms with Crippen molar-refractivity contribution in [1.29, 1.82) is 0 Å². The highest BCUT2D eigenvalue weighted by atomic mass is 31.2. The van der Waals surface area contributed by atoms with E-state index in [9.17, 15) is 14.3 Å². The average molecular weight is 805 g/mol. The van der Waals surface area contributed by atoms with Crippen LogP contribution in [0.3, 0.4) is 0 Å². The van der Waals surface area contributed by atoms with Gasteiger partial charge >= 0.3 is 13.8 Å². The second-order valence-electron chi connectivity index (χ2n) is 17.5. The van der Waals surface area contributed by atoms with Crippen LogP contribution in [0.5, 0.6) is 0 Å². The molecule has 330 valence electrons. The van der Waals surface area contributed by atoms with Gasteiger partial charge in [0, 0.05) is 13.0 Å². The molecular weight excluding hydrogens is 709 g/mol. The van der Waals surface area contributed by atoms with Gasteiger partial charge in [0.25, 0.3) is 0 Å². The van der Waals surface area contributed by atoms with E-state index in [2.05, 4.69) is 13.8 Å². The van der Waals surface area contributed by atoms with Gasteiger partial charge in [-0.05, 0) is 12.8 Å². The summed E-state index contributed by atoms with van der Waals surface area (Å²) in [6, 6.07) is 0. The number of rotatable bonds is 45. The fourth-order valence-corrected chi connectivity index (χ4v) is 7.71. The number of phosphoric acid groups is 1. The fraction of sp³-hybridized carbons (Fsp3) is 0.978. The third kappa shape index (κ3) is 44.4. The monoisotopic (exact) mass is 805 g/mol. The molecule has 0 aromatic heterocycles. The smallest absolute Gasteiger partial charge is 0.457 e. The van der Waals surface area contributed by atoms with Crippen LogP contribution in [-0.4, -0.2) is 75.6 Å². The third-order valence-corrected chi connectivity index (χ3v) is 11.7. The molecule has 0 spiro atoms. The van der Waals surface area contributed by atoms with Crippen molar-refractivity contribution in [3.63, 3.8) is 0 Å². The Balaban J connectivity index is 3.96. The van der Waals surface area contributed by atoms with Gasteiger partial charge in [-0.3, -0.25) is 13.8 Å². The molecule has 0 radical (unpaired) electrons. The van der Waals surface area contributed by atoms with Gasteiger partial charge in [0.1, 0.15) is 19.3 Å². The average Bonchev–Trinajstić information content (AvgIpc) is 3.13. The SMILES string of the molecule is CCCCCCCCCCCCCCCCCCCCCCCCCCOCC(COP(=O)(O)OCC[N+](C)(C)C)OC(=O)CCCCCCCCCCC. The van der Waals surface area contributed by atoms with Crippen LogP contribution >= 0.6 is 7.82 Å². The number of quaternary nitrogens is 1. The Labute approximate surface area is 342 Å². The van der Waals surface area contributed by atoms with Crippen LogP contribution in [0.2, 0.25) is 0 Å². The fourth-order valence-electron chi connectivity index (χ4n) is 6.97. The molecule has 1 N–H and O–H groups in total. The summed E-state index contributed by atoms with van der Waals surface area (Å²) in [6.45, 7) is 5.66. The molecule has 0 aliphatic rings. The Bertz CT molecular complexity index is 853. The maximum absolute atomic E-state index is 12.6. The summed E-state index contributed by atoms with van der Waals surface area (Å²) in [4.78, 5) is 22.8.